The van der Waals surface area contributed by atoms with Gasteiger partial charge in [-0.2, -0.15) is 0 Å². The van der Waals surface area contributed by atoms with E-state index in [2.05, 4.69) is 10.3 Å². The molecule has 0 fully saturated rings. The van der Waals surface area contributed by atoms with Gasteiger partial charge in [0.25, 0.3) is 0 Å². The maximum Gasteiger partial charge on any atom is 0.222 e. The normalized spacial score (nSPS) is 11.9. The number of aliphatic imine (C=N–C) groups is 1. The molecule has 2 aromatic carbocycles. The fraction of sp³-hybridized carbons (Fsp3) is 0.391. The van der Waals surface area contributed by atoms with Crippen molar-refractivity contribution in [1.82, 2.24) is 10.2 Å². The third-order valence-electron chi connectivity index (χ3n) is 4.61. The van der Waals surface area contributed by atoms with Gasteiger partial charge in [-0.15, -0.1) is 24.0 Å². The number of nitrogens with two attached hydrogens (primary N) is 1. The first-order valence-electron chi connectivity index (χ1n) is 10.2. The third-order valence-corrected chi connectivity index (χ3v) is 4.61. The van der Waals surface area contributed by atoms with Crippen molar-refractivity contribution in [2.45, 2.75) is 26.8 Å². The second kappa shape index (κ2) is 13.8. The molecule has 0 aliphatic heterocycles. The maximum atomic E-state index is 13.1. The Bertz CT molecular complexity index is 828. The number of hydrogen-bond donors (Lipinski definition) is 2. The molecule has 2 aromatic rings. The number of rotatable bonds is 10. The summed E-state index contributed by atoms with van der Waals surface area (Å²) in [6.45, 7) is 6.18. The summed E-state index contributed by atoms with van der Waals surface area (Å²) < 4.78 is 18.6. The van der Waals surface area contributed by atoms with Crippen LogP contribution in [0.3, 0.4) is 0 Å². The van der Waals surface area contributed by atoms with Gasteiger partial charge in [-0.3, -0.25) is 9.79 Å². The van der Waals surface area contributed by atoms with Crippen molar-refractivity contribution >= 4 is 35.8 Å². The molecule has 170 valence electrons. The van der Waals surface area contributed by atoms with Crippen molar-refractivity contribution < 1.29 is 13.9 Å². The van der Waals surface area contributed by atoms with Crippen molar-refractivity contribution in [3.05, 3.63) is 65.5 Å². The molecule has 31 heavy (non-hydrogen) atoms. The highest BCUT2D eigenvalue weighted by Crippen LogP contribution is 2.14. The Kier molecular flexibility index (Phi) is 11.9. The van der Waals surface area contributed by atoms with Crippen LogP contribution in [0.5, 0.6) is 5.75 Å². The van der Waals surface area contributed by atoms with Gasteiger partial charge in [0.1, 0.15) is 11.6 Å². The Morgan fingerprint density at radius 1 is 1.13 bits per heavy atom. The standard InChI is InChI=1S/C23H31FN4O2.HI/c1-4-26-23(28(3)16-18-8-12-21(13-9-18)30-5-2)27-15-19(22(25)29)14-17-6-10-20(24)11-7-17;/h6-13,19H,4-5,14-16H2,1-3H3,(H2,25,29)(H,26,27);1H. The van der Waals surface area contributed by atoms with E-state index in [-0.39, 0.29) is 36.3 Å². The van der Waals surface area contributed by atoms with Crippen molar-refractivity contribution in [3.63, 3.8) is 0 Å². The number of ether oxygens (including phenoxy) is 1. The van der Waals surface area contributed by atoms with Gasteiger partial charge in [-0.05, 0) is 55.7 Å². The second-order valence-electron chi connectivity index (χ2n) is 7.06. The maximum absolute atomic E-state index is 13.1. The van der Waals surface area contributed by atoms with E-state index < -0.39 is 11.8 Å². The smallest absolute Gasteiger partial charge is 0.222 e. The van der Waals surface area contributed by atoms with Crippen LogP contribution in [0.4, 0.5) is 4.39 Å². The molecule has 0 spiro atoms. The zero-order chi connectivity index (χ0) is 21.9. The molecule has 0 bridgehead atoms. The van der Waals surface area contributed by atoms with E-state index in [1.165, 1.54) is 12.1 Å². The van der Waals surface area contributed by atoms with Gasteiger partial charge < -0.3 is 20.7 Å². The first-order chi connectivity index (χ1) is 14.4. The highest BCUT2D eigenvalue weighted by Gasteiger charge is 2.17. The van der Waals surface area contributed by atoms with Gasteiger partial charge in [0, 0.05) is 20.1 Å². The number of nitrogens with zero attached hydrogens (tertiary/aromatic N) is 2. The summed E-state index contributed by atoms with van der Waals surface area (Å²) in [5.41, 5.74) is 7.55. The molecule has 0 saturated heterocycles. The number of carbonyl (C=O) groups excluding carboxylic acids is 1. The van der Waals surface area contributed by atoms with E-state index in [0.29, 0.717) is 32.1 Å². The van der Waals surface area contributed by atoms with Crippen molar-refractivity contribution in [2.24, 2.45) is 16.6 Å². The minimum atomic E-state index is -0.469. The van der Waals surface area contributed by atoms with Crippen molar-refractivity contribution in [2.75, 3.05) is 26.7 Å². The summed E-state index contributed by atoms with van der Waals surface area (Å²) in [7, 11) is 1.94. The fourth-order valence-corrected chi connectivity index (χ4v) is 3.03. The van der Waals surface area contributed by atoms with Crippen LogP contribution in [0.25, 0.3) is 0 Å². The molecule has 8 heteroatoms. The fourth-order valence-electron chi connectivity index (χ4n) is 3.03. The van der Waals surface area contributed by atoms with Gasteiger partial charge in [0.2, 0.25) is 5.91 Å². The number of halogens is 2. The first-order valence-corrected chi connectivity index (χ1v) is 10.2. The van der Waals surface area contributed by atoms with Crippen LogP contribution in [0.1, 0.15) is 25.0 Å². The molecular weight excluding hydrogens is 510 g/mol. The molecule has 0 heterocycles. The number of nitrogens with one attached hydrogen (secondary N) is 1. The molecule has 6 nitrogen and oxygen atoms in total. The Labute approximate surface area is 201 Å². The van der Waals surface area contributed by atoms with Crippen LogP contribution in [0.15, 0.2) is 53.5 Å². The van der Waals surface area contributed by atoms with E-state index in [4.69, 9.17) is 10.5 Å². The predicted molar refractivity (Wildman–Crippen MR) is 133 cm³/mol. The topological polar surface area (TPSA) is 79.9 Å². The second-order valence-corrected chi connectivity index (χ2v) is 7.06. The molecule has 2 rings (SSSR count). The van der Waals surface area contributed by atoms with Crippen molar-refractivity contribution in [3.8, 4) is 5.75 Å². The van der Waals surface area contributed by atoms with Gasteiger partial charge >= 0.3 is 0 Å². The number of guanidine groups is 1. The Balaban J connectivity index is 0.00000480. The zero-order valence-corrected chi connectivity index (χ0v) is 20.6. The average molecular weight is 542 g/mol. The zero-order valence-electron chi connectivity index (χ0n) is 18.3. The molecule has 0 radical (unpaired) electrons. The third kappa shape index (κ3) is 9.12. The monoisotopic (exact) mass is 542 g/mol. The van der Waals surface area contributed by atoms with Gasteiger partial charge in [0.15, 0.2) is 5.96 Å². The molecule has 3 N–H and O–H groups in total. The number of carbonyl (C=O) groups is 1. The summed E-state index contributed by atoms with van der Waals surface area (Å²) in [5.74, 6) is 0.333. The Morgan fingerprint density at radius 2 is 1.74 bits per heavy atom. The number of benzene rings is 2. The molecule has 1 unspecified atom stereocenters. The van der Waals surface area contributed by atoms with Crippen molar-refractivity contribution in [1.29, 1.82) is 0 Å². The molecule has 0 saturated carbocycles. The largest absolute Gasteiger partial charge is 0.494 e. The van der Waals surface area contributed by atoms with E-state index in [1.807, 2.05) is 50.1 Å². The summed E-state index contributed by atoms with van der Waals surface area (Å²) in [4.78, 5) is 18.5. The number of primary amides is 1. The van der Waals surface area contributed by atoms with E-state index in [0.717, 1.165) is 16.9 Å². The number of amides is 1. The average Bonchev–Trinajstić information content (AvgIpc) is 2.72. The van der Waals surface area contributed by atoms with Gasteiger partial charge in [-0.1, -0.05) is 24.3 Å². The van der Waals surface area contributed by atoms with Crippen LogP contribution in [-0.2, 0) is 17.8 Å². The van der Waals surface area contributed by atoms with E-state index >= 15 is 0 Å². The summed E-state index contributed by atoms with van der Waals surface area (Å²) >= 11 is 0. The lowest BCUT2D eigenvalue weighted by molar-refractivity contribution is -0.121. The SMILES string of the molecule is CCNC(=NCC(Cc1ccc(F)cc1)C(N)=O)N(C)Cc1ccc(OCC)cc1.I. The first kappa shape index (κ1) is 26.7. The van der Waals surface area contributed by atoms with Crippen LogP contribution in [0.2, 0.25) is 0 Å². The van der Waals surface area contributed by atoms with Crippen LogP contribution >= 0.6 is 24.0 Å². The lowest BCUT2D eigenvalue weighted by Gasteiger charge is -2.23. The molecule has 0 aliphatic carbocycles. The Morgan fingerprint density at radius 3 is 2.29 bits per heavy atom. The highest BCUT2D eigenvalue weighted by molar-refractivity contribution is 14.0. The highest BCUT2D eigenvalue weighted by atomic mass is 127. The van der Waals surface area contributed by atoms with Gasteiger partial charge in [0.05, 0.1) is 19.1 Å². The van der Waals surface area contributed by atoms with E-state index in [9.17, 15) is 9.18 Å². The summed E-state index contributed by atoms with van der Waals surface area (Å²) in [5, 5.41) is 3.25. The quantitative estimate of drug-likeness (QED) is 0.273. The van der Waals surface area contributed by atoms with Crippen LogP contribution < -0.4 is 15.8 Å². The van der Waals surface area contributed by atoms with Gasteiger partial charge in [-0.25, -0.2) is 4.39 Å². The lowest BCUT2D eigenvalue weighted by Crippen LogP contribution is -2.39. The van der Waals surface area contributed by atoms with Crippen LogP contribution in [-0.4, -0.2) is 43.5 Å². The number of hydrogen-bond acceptors (Lipinski definition) is 3. The summed E-state index contributed by atoms with van der Waals surface area (Å²) in [6.07, 6.45) is 0.418. The minimum absolute atomic E-state index is 0. The molecule has 0 aromatic heterocycles. The lowest BCUT2D eigenvalue weighted by atomic mass is 9.99. The van der Waals surface area contributed by atoms with Crippen LogP contribution in [0, 0.1) is 11.7 Å². The molecule has 0 aliphatic rings. The molecule has 1 atom stereocenters. The predicted octanol–water partition coefficient (Wildman–Crippen LogP) is 3.58. The molecule has 1 amide bonds. The molecular formula is C23H32FIN4O2. The minimum Gasteiger partial charge on any atom is -0.494 e. The summed E-state index contributed by atoms with van der Waals surface area (Å²) in [6, 6.07) is 14.0. The van der Waals surface area contributed by atoms with E-state index in [1.54, 1.807) is 12.1 Å². The Hall–Kier alpha value is -2.36.